The Morgan fingerprint density at radius 2 is 2.04 bits per heavy atom. The normalized spacial score (nSPS) is 11.0. The second kappa shape index (κ2) is 6.32. The molecule has 0 saturated heterocycles. The third-order valence-corrected chi connectivity index (χ3v) is 4.04. The van der Waals surface area contributed by atoms with E-state index < -0.39 is 0 Å². The van der Waals surface area contributed by atoms with Crippen LogP contribution in [0.15, 0.2) is 64.4 Å². The van der Waals surface area contributed by atoms with E-state index in [1.165, 1.54) is 12.3 Å². The molecule has 0 saturated carbocycles. The topological polar surface area (TPSA) is 97.6 Å². The van der Waals surface area contributed by atoms with Crippen molar-refractivity contribution in [3.8, 4) is 0 Å². The average molecular weight is 348 g/mol. The van der Waals surface area contributed by atoms with Crippen molar-refractivity contribution in [1.82, 2.24) is 24.3 Å². The summed E-state index contributed by atoms with van der Waals surface area (Å²) in [5.74, 6) is 0.333. The van der Waals surface area contributed by atoms with Crippen molar-refractivity contribution in [1.29, 1.82) is 0 Å². The summed E-state index contributed by atoms with van der Waals surface area (Å²) in [5.41, 5.74) is 1.91. The van der Waals surface area contributed by atoms with E-state index in [0.717, 1.165) is 11.3 Å². The van der Waals surface area contributed by atoms with Crippen molar-refractivity contribution in [2.24, 2.45) is 7.05 Å². The van der Waals surface area contributed by atoms with Crippen molar-refractivity contribution in [2.45, 2.75) is 6.54 Å². The monoisotopic (exact) mass is 348 g/mol. The molecular formula is C18H16N6O2. The van der Waals surface area contributed by atoms with Gasteiger partial charge < -0.3 is 9.88 Å². The highest BCUT2D eigenvalue weighted by atomic mass is 16.1. The van der Waals surface area contributed by atoms with Crippen LogP contribution in [-0.4, -0.2) is 24.3 Å². The number of anilines is 2. The maximum atomic E-state index is 12.1. The molecule has 4 aromatic rings. The zero-order chi connectivity index (χ0) is 18.1. The first-order chi connectivity index (χ1) is 12.6. The van der Waals surface area contributed by atoms with Gasteiger partial charge >= 0.3 is 0 Å². The highest BCUT2D eigenvalue weighted by molar-refractivity contribution is 5.74. The van der Waals surface area contributed by atoms with Crippen LogP contribution in [0.4, 0.5) is 11.6 Å². The fraction of sp³-hybridized carbons (Fsp3) is 0.111. The van der Waals surface area contributed by atoms with Gasteiger partial charge in [-0.15, -0.1) is 0 Å². The minimum Gasteiger partial charge on any atom is -0.326 e. The average Bonchev–Trinajstić information content (AvgIpc) is 2.99. The first-order valence-corrected chi connectivity index (χ1v) is 8.03. The standard InChI is InChI=1S/C18H16N6O2/c1-23-16-14(10-19-23)17(26)22-18(21-16)20-13-6-4-5-12(9-13)11-24-8-3-2-7-15(24)25/h2-10H,11H2,1H3,(H2,20,21,22,26). The number of hydrogen-bond donors (Lipinski definition) is 2. The number of nitrogens with zero attached hydrogens (tertiary/aromatic N) is 4. The Hall–Kier alpha value is -3.68. The summed E-state index contributed by atoms with van der Waals surface area (Å²) in [6.07, 6.45) is 3.24. The van der Waals surface area contributed by atoms with Gasteiger partial charge in [0.05, 0.1) is 12.7 Å². The Balaban J connectivity index is 1.63. The first kappa shape index (κ1) is 15.8. The maximum absolute atomic E-state index is 12.1. The molecule has 4 rings (SSSR count). The van der Waals surface area contributed by atoms with Crippen molar-refractivity contribution in [3.05, 3.63) is 81.1 Å². The van der Waals surface area contributed by atoms with Gasteiger partial charge in [0.2, 0.25) is 5.95 Å². The van der Waals surface area contributed by atoms with E-state index in [1.54, 1.807) is 28.6 Å². The van der Waals surface area contributed by atoms with Gasteiger partial charge in [-0.25, -0.2) is 0 Å². The SMILES string of the molecule is Cn1ncc2c(=O)[nH]c(Nc3cccc(Cn4ccccc4=O)c3)nc21. The van der Waals surface area contributed by atoms with E-state index in [1.807, 2.05) is 30.3 Å². The van der Waals surface area contributed by atoms with Gasteiger partial charge in [0.1, 0.15) is 5.39 Å². The van der Waals surface area contributed by atoms with Gasteiger partial charge in [0.25, 0.3) is 11.1 Å². The van der Waals surface area contributed by atoms with Crippen LogP contribution in [0.3, 0.4) is 0 Å². The lowest BCUT2D eigenvalue weighted by atomic mass is 10.2. The Labute approximate surface area is 147 Å². The van der Waals surface area contributed by atoms with Crippen LogP contribution < -0.4 is 16.4 Å². The Morgan fingerprint density at radius 3 is 2.88 bits per heavy atom. The molecule has 0 radical (unpaired) electrons. The molecule has 0 aliphatic carbocycles. The molecule has 2 N–H and O–H groups in total. The number of pyridine rings is 1. The number of nitrogens with one attached hydrogen (secondary N) is 2. The van der Waals surface area contributed by atoms with Gasteiger partial charge in [0, 0.05) is 25.0 Å². The molecule has 0 amide bonds. The molecular weight excluding hydrogens is 332 g/mol. The van der Waals surface area contributed by atoms with Crippen molar-refractivity contribution < 1.29 is 0 Å². The van der Waals surface area contributed by atoms with E-state index in [9.17, 15) is 9.59 Å². The highest BCUT2D eigenvalue weighted by Gasteiger charge is 2.08. The molecule has 8 nitrogen and oxygen atoms in total. The predicted molar refractivity (Wildman–Crippen MR) is 98.7 cm³/mol. The smallest absolute Gasteiger partial charge is 0.263 e. The number of aromatic nitrogens is 5. The molecule has 0 spiro atoms. The summed E-state index contributed by atoms with van der Waals surface area (Å²) < 4.78 is 3.18. The molecule has 0 fully saturated rings. The summed E-state index contributed by atoms with van der Waals surface area (Å²) in [4.78, 5) is 31.1. The van der Waals surface area contributed by atoms with E-state index in [0.29, 0.717) is 23.5 Å². The third-order valence-electron chi connectivity index (χ3n) is 4.04. The predicted octanol–water partition coefficient (Wildman–Crippen LogP) is 1.61. The van der Waals surface area contributed by atoms with Crippen LogP contribution in [-0.2, 0) is 13.6 Å². The molecule has 3 aromatic heterocycles. The van der Waals surface area contributed by atoms with Crippen LogP contribution in [0.25, 0.3) is 11.0 Å². The molecule has 0 aliphatic heterocycles. The second-order valence-electron chi connectivity index (χ2n) is 5.91. The number of rotatable bonds is 4. The minimum atomic E-state index is -0.252. The van der Waals surface area contributed by atoms with E-state index in [2.05, 4.69) is 20.4 Å². The Bertz CT molecular complexity index is 1200. The number of benzene rings is 1. The van der Waals surface area contributed by atoms with Crippen LogP contribution in [0, 0.1) is 0 Å². The summed E-state index contributed by atoms with van der Waals surface area (Å²) in [6, 6.07) is 12.7. The molecule has 0 atom stereocenters. The van der Waals surface area contributed by atoms with E-state index >= 15 is 0 Å². The van der Waals surface area contributed by atoms with Crippen LogP contribution >= 0.6 is 0 Å². The molecule has 0 bridgehead atoms. The molecule has 1 aromatic carbocycles. The van der Waals surface area contributed by atoms with Gasteiger partial charge in [0.15, 0.2) is 5.65 Å². The Morgan fingerprint density at radius 1 is 1.15 bits per heavy atom. The number of aryl methyl sites for hydroxylation is 1. The summed E-state index contributed by atoms with van der Waals surface area (Å²) in [7, 11) is 1.73. The van der Waals surface area contributed by atoms with Gasteiger partial charge in [-0.05, 0) is 23.8 Å². The molecule has 0 aliphatic rings. The van der Waals surface area contributed by atoms with Crippen molar-refractivity contribution in [2.75, 3.05) is 5.32 Å². The minimum absolute atomic E-state index is 0.0569. The van der Waals surface area contributed by atoms with Crippen LogP contribution in [0.2, 0.25) is 0 Å². The Kier molecular flexibility index (Phi) is 3.85. The second-order valence-corrected chi connectivity index (χ2v) is 5.91. The van der Waals surface area contributed by atoms with E-state index in [-0.39, 0.29) is 11.1 Å². The molecule has 3 heterocycles. The quantitative estimate of drug-likeness (QED) is 0.584. The lowest BCUT2D eigenvalue weighted by Crippen LogP contribution is -2.18. The zero-order valence-corrected chi connectivity index (χ0v) is 14.0. The largest absolute Gasteiger partial charge is 0.326 e. The maximum Gasteiger partial charge on any atom is 0.263 e. The molecule has 0 unspecified atom stereocenters. The van der Waals surface area contributed by atoms with Crippen molar-refractivity contribution >= 4 is 22.7 Å². The van der Waals surface area contributed by atoms with E-state index in [4.69, 9.17) is 0 Å². The summed E-state index contributed by atoms with van der Waals surface area (Å²) in [5, 5.41) is 7.59. The third kappa shape index (κ3) is 3.00. The van der Waals surface area contributed by atoms with Gasteiger partial charge in [-0.2, -0.15) is 10.1 Å². The highest BCUT2D eigenvalue weighted by Crippen LogP contribution is 2.16. The first-order valence-electron chi connectivity index (χ1n) is 8.03. The summed E-state index contributed by atoms with van der Waals surface area (Å²) >= 11 is 0. The number of H-pyrrole nitrogens is 1. The molecule has 26 heavy (non-hydrogen) atoms. The molecule has 8 heteroatoms. The number of aromatic amines is 1. The van der Waals surface area contributed by atoms with Crippen molar-refractivity contribution in [3.63, 3.8) is 0 Å². The zero-order valence-electron chi connectivity index (χ0n) is 14.0. The fourth-order valence-electron chi connectivity index (χ4n) is 2.76. The lowest BCUT2D eigenvalue weighted by molar-refractivity contribution is 0.760. The number of hydrogen-bond acceptors (Lipinski definition) is 5. The van der Waals surface area contributed by atoms with Gasteiger partial charge in [-0.1, -0.05) is 18.2 Å². The molecule has 130 valence electrons. The lowest BCUT2D eigenvalue weighted by Gasteiger charge is -2.09. The van der Waals surface area contributed by atoms with Crippen LogP contribution in [0.5, 0.6) is 0 Å². The fourth-order valence-corrected chi connectivity index (χ4v) is 2.76. The van der Waals surface area contributed by atoms with Crippen LogP contribution in [0.1, 0.15) is 5.56 Å². The number of fused-ring (bicyclic) bond motifs is 1. The van der Waals surface area contributed by atoms with Gasteiger partial charge in [-0.3, -0.25) is 19.3 Å². The summed E-state index contributed by atoms with van der Waals surface area (Å²) in [6.45, 7) is 0.458.